The molecule has 1 aromatic rings. The van der Waals surface area contributed by atoms with Crippen LogP contribution in [0, 0.1) is 10.1 Å². The van der Waals surface area contributed by atoms with E-state index in [1.165, 1.54) is 18.5 Å². The Morgan fingerprint density at radius 1 is 1.79 bits per heavy atom. The molecule has 0 bridgehead atoms. The second-order valence-electron chi connectivity index (χ2n) is 2.52. The fraction of sp³-hybridized carbons (Fsp3) is 0.125. The summed E-state index contributed by atoms with van der Waals surface area (Å²) in [5, 5.41) is 13.7. The van der Waals surface area contributed by atoms with Crippen molar-refractivity contribution in [3.8, 4) is 0 Å². The Labute approximate surface area is 85.6 Å². The van der Waals surface area contributed by atoms with Crippen LogP contribution in [-0.2, 0) is 0 Å². The van der Waals surface area contributed by atoms with Gasteiger partial charge in [0.15, 0.2) is 0 Å². The van der Waals surface area contributed by atoms with Crippen molar-refractivity contribution in [2.24, 2.45) is 0 Å². The summed E-state index contributed by atoms with van der Waals surface area (Å²) < 4.78 is 0. The Bertz CT molecular complexity index is 367. The Morgan fingerprint density at radius 2 is 2.50 bits per heavy atom. The van der Waals surface area contributed by atoms with Gasteiger partial charge in [-0.3, -0.25) is 15.1 Å². The van der Waals surface area contributed by atoms with E-state index in [1.54, 1.807) is 0 Å². The van der Waals surface area contributed by atoms with Crippen molar-refractivity contribution in [3.63, 3.8) is 0 Å². The van der Waals surface area contributed by atoms with Gasteiger partial charge in [0.05, 0.1) is 11.5 Å². The van der Waals surface area contributed by atoms with Crippen LogP contribution in [0.2, 0.25) is 0 Å². The molecule has 5 nitrogen and oxygen atoms in total. The summed E-state index contributed by atoms with van der Waals surface area (Å²) in [4.78, 5) is 13.7. The van der Waals surface area contributed by atoms with Gasteiger partial charge in [0, 0.05) is 11.2 Å². The van der Waals surface area contributed by atoms with Gasteiger partial charge in [-0.25, -0.2) is 0 Å². The molecule has 6 heteroatoms. The number of halogens is 1. The zero-order chi connectivity index (χ0) is 10.6. The first-order valence-electron chi connectivity index (χ1n) is 3.77. The van der Waals surface area contributed by atoms with E-state index in [1.807, 2.05) is 0 Å². The van der Waals surface area contributed by atoms with Crippen molar-refractivity contribution in [1.29, 1.82) is 0 Å². The third-order valence-corrected chi connectivity index (χ3v) is 1.60. The lowest BCUT2D eigenvalue weighted by atomic mass is 10.3. The molecule has 0 aliphatic carbocycles. The van der Waals surface area contributed by atoms with Crippen molar-refractivity contribution in [1.82, 2.24) is 4.98 Å². The number of rotatable bonds is 4. The minimum Gasteiger partial charge on any atom is -0.374 e. The van der Waals surface area contributed by atoms with Crippen LogP contribution in [0.3, 0.4) is 0 Å². The Hall–Kier alpha value is -1.62. The molecule has 0 aliphatic rings. The lowest BCUT2D eigenvalue weighted by molar-refractivity contribution is -0.384. The van der Waals surface area contributed by atoms with Crippen LogP contribution >= 0.6 is 11.6 Å². The first-order valence-corrected chi connectivity index (χ1v) is 4.14. The van der Waals surface area contributed by atoms with Crippen LogP contribution in [0.1, 0.15) is 0 Å². The Balaban J connectivity index is 2.84. The maximum absolute atomic E-state index is 10.5. The van der Waals surface area contributed by atoms with Crippen LogP contribution in [0.25, 0.3) is 0 Å². The highest BCUT2D eigenvalue weighted by Gasteiger charge is 2.12. The number of nitrogens with zero attached hydrogens (tertiary/aromatic N) is 2. The SMILES string of the molecule is C=C(Cl)CNc1ccncc1[N+](=O)[O-]. The molecule has 1 N–H and O–H groups in total. The molecule has 1 aromatic heterocycles. The molecule has 0 spiro atoms. The van der Waals surface area contributed by atoms with Crippen molar-refractivity contribution >= 4 is 23.0 Å². The molecular weight excluding hydrogens is 206 g/mol. The van der Waals surface area contributed by atoms with E-state index in [4.69, 9.17) is 11.6 Å². The normalized spacial score (nSPS) is 9.50. The standard InChI is InChI=1S/C8H8ClN3O2/c1-6(9)4-11-7-2-3-10-5-8(7)12(13)14/h2-3,5H,1,4H2,(H,10,11). The minimum atomic E-state index is -0.508. The smallest absolute Gasteiger partial charge is 0.310 e. The largest absolute Gasteiger partial charge is 0.374 e. The zero-order valence-electron chi connectivity index (χ0n) is 7.24. The summed E-state index contributed by atoms with van der Waals surface area (Å²) in [7, 11) is 0. The molecule has 0 atom stereocenters. The van der Waals surface area contributed by atoms with E-state index >= 15 is 0 Å². The molecule has 0 saturated carbocycles. The number of hydrogen-bond acceptors (Lipinski definition) is 4. The van der Waals surface area contributed by atoms with E-state index in [2.05, 4.69) is 16.9 Å². The zero-order valence-corrected chi connectivity index (χ0v) is 7.99. The fourth-order valence-corrected chi connectivity index (χ4v) is 0.939. The summed E-state index contributed by atoms with van der Waals surface area (Å²) in [5.74, 6) is 0. The summed E-state index contributed by atoms with van der Waals surface area (Å²) >= 11 is 5.52. The van der Waals surface area contributed by atoms with Crippen LogP contribution in [0.5, 0.6) is 0 Å². The first-order chi connectivity index (χ1) is 6.61. The number of aromatic nitrogens is 1. The van der Waals surface area contributed by atoms with Crippen molar-refractivity contribution in [2.45, 2.75) is 0 Å². The molecule has 0 aromatic carbocycles. The molecule has 1 heterocycles. The Morgan fingerprint density at radius 3 is 3.07 bits per heavy atom. The number of nitrogens with one attached hydrogen (secondary N) is 1. The highest BCUT2D eigenvalue weighted by atomic mass is 35.5. The molecule has 74 valence electrons. The van der Waals surface area contributed by atoms with Gasteiger partial charge in [0.2, 0.25) is 0 Å². The van der Waals surface area contributed by atoms with Gasteiger partial charge in [-0.05, 0) is 6.07 Å². The van der Waals surface area contributed by atoms with E-state index in [0.29, 0.717) is 10.7 Å². The quantitative estimate of drug-likeness (QED) is 0.615. The lowest BCUT2D eigenvalue weighted by Crippen LogP contribution is -2.04. The monoisotopic (exact) mass is 213 g/mol. The van der Waals surface area contributed by atoms with Crippen molar-refractivity contribution in [3.05, 3.63) is 40.2 Å². The molecule has 0 amide bonds. The molecule has 0 fully saturated rings. The number of hydrogen-bond donors (Lipinski definition) is 1. The topological polar surface area (TPSA) is 68.1 Å². The number of anilines is 1. The third kappa shape index (κ3) is 2.70. The summed E-state index contributed by atoms with van der Waals surface area (Å²) in [6.45, 7) is 3.75. The van der Waals surface area contributed by atoms with E-state index in [0.717, 1.165) is 0 Å². The molecule has 0 unspecified atom stereocenters. The maximum atomic E-state index is 10.5. The minimum absolute atomic E-state index is 0.0783. The predicted octanol–water partition coefficient (Wildman–Crippen LogP) is 2.15. The van der Waals surface area contributed by atoms with Gasteiger partial charge in [-0.1, -0.05) is 18.2 Å². The fourth-order valence-electron chi connectivity index (χ4n) is 0.872. The highest BCUT2D eigenvalue weighted by molar-refractivity contribution is 6.29. The second kappa shape index (κ2) is 4.57. The van der Waals surface area contributed by atoms with Gasteiger partial charge in [-0.2, -0.15) is 0 Å². The average Bonchev–Trinajstić information content (AvgIpc) is 2.15. The van der Waals surface area contributed by atoms with Gasteiger partial charge < -0.3 is 5.32 Å². The van der Waals surface area contributed by atoms with Crippen LogP contribution in [0.15, 0.2) is 30.1 Å². The first kappa shape index (κ1) is 10.5. The van der Waals surface area contributed by atoms with Gasteiger partial charge in [0.25, 0.3) is 0 Å². The summed E-state index contributed by atoms with van der Waals surface area (Å²) in [5.41, 5.74) is 0.303. The van der Waals surface area contributed by atoms with Crippen molar-refractivity contribution in [2.75, 3.05) is 11.9 Å². The summed E-state index contributed by atoms with van der Waals surface area (Å²) in [6.07, 6.45) is 2.64. The second-order valence-corrected chi connectivity index (χ2v) is 3.06. The number of pyridine rings is 1. The van der Waals surface area contributed by atoms with Crippen LogP contribution in [-0.4, -0.2) is 16.5 Å². The lowest BCUT2D eigenvalue weighted by Gasteiger charge is -2.04. The molecule has 0 saturated heterocycles. The van der Waals surface area contributed by atoms with Gasteiger partial charge in [-0.15, -0.1) is 0 Å². The van der Waals surface area contributed by atoms with Crippen molar-refractivity contribution < 1.29 is 4.92 Å². The van der Waals surface area contributed by atoms with E-state index < -0.39 is 4.92 Å². The van der Waals surface area contributed by atoms with E-state index in [9.17, 15) is 10.1 Å². The third-order valence-electron chi connectivity index (χ3n) is 1.47. The average molecular weight is 214 g/mol. The molecule has 0 radical (unpaired) electrons. The molecule has 1 rings (SSSR count). The molecule has 14 heavy (non-hydrogen) atoms. The molecule has 0 aliphatic heterocycles. The van der Waals surface area contributed by atoms with E-state index in [-0.39, 0.29) is 12.2 Å². The maximum Gasteiger partial charge on any atom is 0.310 e. The van der Waals surface area contributed by atoms with Gasteiger partial charge >= 0.3 is 5.69 Å². The van der Waals surface area contributed by atoms with Crippen LogP contribution < -0.4 is 5.32 Å². The molecular formula is C8H8ClN3O2. The predicted molar refractivity (Wildman–Crippen MR) is 54.4 cm³/mol. The van der Waals surface area contributed by atoms with Crippen LogP contribution in [0.4, 0.5) is 11.4 Å². The summed E-state index contributed by atoms with van der Waals surface area (Å²) in [6, 6.07) is 1.51. The number of nitro groups is 1. The highest BCUT2D eigenvalue weighted by Crippen LogP contribution is 2.21. The Kier molecular flexibility index (Phi) is 3.41. The van der Waals surface area contributed by atoms with Gasteiger partial charge in [0.1, 0.15) is 11.9 Å².